The molecule has 0 saturated carbocycles. The SMILES string of the molecule is CCOc1ccc(NC(=O)N2CCN(c3cc(N4CCCC4)ncn3)CC2)cc1. The molecular weight excluding hydrogens is 368 g/mol. The van der Waals surface area contributed by atoms with E-state index in [4.69, 9.17) is 4.74 Å². The van der Waals surface area contributed by atoms with Gasteiger partial charge in [0.1, 0.15) is 23.7 Å². The van der Waals surface area contributed by atoms with E-state index in [1.807, 2.05) is 36.1 Å². The summed E-state index contributed by atoms with van der Waals surface area (Å²) in [5.74, 6) is 2.74. The molecule has 1 N–H and O–H groups in total. The summed E-state index contributed by atoms with van der Waals surface area (Å²) in [5, 5.41) is 2.96. The van der Waals surface area contributed by atoms with E-state index in [2.05, 4.69) is 31.2 Å². The highest BCUT2D eigenvalue weighted by Crippen LogP contribution is 2.22. The number of benzene rings is 1. The lowest BCUT2D eigenvalue weighted by Gasteiger charge is -2.35. The minimum absolute atomic E-state index is 0.0748. The predicted octanol–water partition coefficient (Wildman–Crippen LogP) is 2.83. The Bertz CT molecular complexity index is 814. The zero-order chi connectivity index (χ0) is 20.1. The lowest BCUT2D eigenvalue weighted by Crippen LogP contribution is -2.50. The molecule has 3 heterocycles. The molecule has 4 rings (SSSR count). The Kier molecular flexibility index (Phi) is 5.97. The maximum atomic E-state index is 12.6. The van der Waals surface area contributed by atoms with Crippen LogP contribution < -0.4 is 19.9 Å². The van der Waals surface area contributed by atoms with E-state index in [9.17, 15) is 4.79 Å². The van der Waals surface area contributed by atoms with Gasteiger partial charge in [-0.05, 0) is 44.0 Å². The van der Waals surface area contributed by atoms with Crippen LogP contribution in [0.15, 0.2) is 36.7 Å². The fourth-order valence-electron chi connectivity index (χ4n) is 3.77. The summed E-state index contributed by atoms with van der Waals surface area (Å²) in [7, 11) is 0. The maximum Gasteiger partial charge on any atom is 0.321 e. The molecule has 0 spiro atoms. The zero-order valence-corrected chi connectivity index (χ0v) is 16.9. The third kappa shape index (κ3) is 4.70. The van der Waals surface area contributed by atoms with Crippen molar-refractivity contribution < 1.29 is 9.53 Å². The number of aromatic nitrogens is 2. The van der Waals surface area contributed by atoms with Crippen LogP contribution >= 0.6 is 0 Å². The van der Waals surface area contributed by atoms with Crippen molar-refractivity contribution in [3.63, 3.8) is 0 Å². The highest BCUT2D eigenvalue weighted by atomic mass is 16.5. The quantitative estimate of drug-likeness (QED) is 0.838. The molecule has 1 aromatic carbocycles. The van der Waals surface area contributed by atoms with Crippen molar-refractivity contribution in [2.24, 2.45) is 0 Å². The lowest BCUT2D eigenvalue weighted by molar-refractivity contribution is 0.208. The van der Waals surface area contributed by atoms with Crippen molar-refractivity contribution in [3.8, 4) is 5.75 Å². The smallest absolute Gasteiger partial charge is 0.321 e. The number of anilines is 3. The zero-order valence-electron chi connectivity index (χ0n) is 16.9. The van der Waals surface area contributed by atoms with Crippen molar-refractivity contribution >= 4 is 23.4 Å². The van der Waals surface area contributed by atoms with Gasteiger partial charge in [0.05, 0.1) is 6.61 Å². The number of hydrogen-bond donors (Lipinski definition) is 1. The van der Waals surface area contributed by atoms with Crippen LogP contribution in [0.2, 0.25) is 0 Å². The van der Waals surface area contributed by atoms with Crippen molar-refractivity contribution in [2.75, 3.05) is 61.0 Å². The van der Waals surface area contributed by atoms with E-state index in [0.717, 1.165) is 49.3 Å². The molecule has 2 saturated heterocycles. The summed E-state index contributed by atoms with van der Waals surface area (Å²) in [6.45, 7) is 7.54. The number of amides is 2. The molecule has 2 aliphatic heterocycles. The van der Waals surface area contributed by atoms with Crippen LogP contribution in [0.1, 0.15) is 19.8 Å². The number of nitrogens with one attached hydrogen (secondary N) is 1. The monoisotopic (exact) mass is 396 g/mol. The molecule has 2 fully saturated rings. The van der Waals surface area contributed by atoms with Gasteiger partial charge in [0.25, 0.3) is 0 Å². The second-order valence-corrected chi connectivity index (χ2v) is 7.29. The van der Waals surface area contributed by atoms with Crippen molar-refractivity contribution in [1.29, 1.82) is 0 Å². The second-order valence-electron chi connectivity index (χ2n) is 7.29. The first-order valence-electron chi connectivity index (χ1n) is 10.3. The van der Waals surface area contributed by atoms with Gasteiger partial charge in [-0.1, -0.05) is 0 Å². The second kappa shape index (κ2) is 8.98. The Morgan fingerprint density at radius 3 is 2.21 bits per heavy atom. The number of rotatable bonds is 5. The molecule has 0 atom stereocenters. The van der Waals surface area contributed by atoms with Gasteiger partial charge in [0.15, 0.2) is 0 Å². The van der Waals surface area contributed by atoms with Crippen LogP contribution in [-0.2, 0) is 0 Å². The Morgan fingerprint density at radius 1 is 0.966 bits per heavy atom. The minimum Gasteiger partial charge on any atom is -0.494 e. The molecule has 2 aromatic rings. The molecule has 0 aliphatic carbocycles. The Morgan fingerprint density at radius 2 is 1.59 bits per heavy atom. The summed E-state index contributed by atoms with van der Waals surface area (Å²) in [6, 6.07) is 9.45. The topological polar surface area (TPSA) is 73.8 Å². The number of piperazine rings is 1. The summed E-state index contributed by atoms with van der Waals surface area (Å²) < 4.78 is 5.43. The Hall–Kier alpha value is -3.03. The molecule has 154 valence electrons. The van der Waals surface area contributed by atoms with E-state index in [0.29, 0.717) is 19.7 Å². The predicted molar refractivity (Wildman–Crippen MR) is 114 cm³/mol. The molecule has 1 aromatic heterocycles. The molecule has 0 radical (unpaired) electrons. The third-order valence-corrected chi connectivity index (χ3v) is 5.38. The molecule has 0 unspecified atom stereocenters. The van der Waals surface area contributed by atoms with E-state index in [-0.39, 0.29) is 6.03 Å². The highest BCUT2D eigenvalue weighted by Gasteiger charge is 2.23. The Balaban J connectivity index is 1.31. The largest absolute Gasteiger partial charge is 0.494 e. The molecule has 2 amide bonds. The van der Waals surface area contributed by atoms with Crippen LogP contribution in [0.3, 0.4) is 0 Å². The summed E-state index contributed by atoms with van der Waals surface area (Å²) in [4.78, 5) is 27.8. The molecule has 29 heavy (non-hydrogen) atoms. The number of hydrogen-bond acceptors (Lipinski definition) is 6. The number of urea groups is 1. The number of carbonyl (C=O) groups is 1. The molecule has 2 aliphatic rings. The van der Waals surface area contributed by atoms with Crippen LogP contribution in [-0.4, -0.2) is 66.8 Å². The summed E-state index contributed by atoms with van der Waals surface area (Å²) in [6.07, 6.45) is 4.09. The molecular formula is C21H28N6O2. The first-order valence-corrected chi connectivity index (χ1v) is 10.3. The minimum atomic E-state index is -0.0748. The number of carbonyl (C=O) groups excluding carboxylic acids is 1. The summed E-state index contributed by atoms with van der Waals surface area (Å²) in [5.41, 5.74) is 0.770. The van der Waals surface area contributed by atoms with Gasteiger partial charge in [-0.2, -0.15) is 0 Å². The average molecular weight is 396 g/mol. The van der Waals surface area contributed by atoms with Crippen molar-refractivity contribution in [1.82, 2.24) is 14.9 Å². The van der Waals surface area contributed by atoms with Gasteiger partial charge in [0.2, 0.25) is 0 Å². The first kappa shape index (κ1) is 19.3. The van der Waals surface area contributed by atoms with Gasteiger partial charge in [-0.25, -0.2) is 14.8 Å². The maximum absolute atomic E-state index is 12.6. The molecule has 8 heteroatoms. The van der Waals surface area contributed by atoms with Crippen molar-refractivity contribution in [2.45, 2.75) is 19.8 Å². The van der Waals surface area contributed by atoms with Gasteiger partial charge in [-0.15, -0.1) is 0 Å². The van der Waals surface area contributed by atoms with Gasteiger partial charge in [0, 0.05) is 51.0 Å². The molecule has 0 bridgehead atoms. The number of ether oxygens (including phenoxy) is 1. The van der Waals surface area contributed by atoms with Crippen LogP contribution in [0.5, 0.6) is 5.75 Å². The van der Waals surface area contributed by atoms with Crippen LogP contribution in [0, 0.1) is 0 Å². The van der Waals surface area contributed by atoms with Crippen LogP contribution in [0.25, 0.3) is 0 Å². The van der Waals surface area contributed by atoms with E-state index in [1.54, 1.807) is 6.33 Å². The molecule has 8 nitrogen and oxygen atoms in total. The van der Waals surface area contributed by atoms with E-state index in [1.165, 1.54) is 12.8 Å². The summed E-state index contributed by atoms with van der Waals surface area (Å²) >= 11 is 0. The first-order chi connectivity index (χ1) is 14.2. The average Bonchev–Trinajstić information content (AvgIpc) is 3.31. The van der Waals surface area contributed by atoms with Gasteiger partial charge >= 0.3 is 6.03 Å². The normalized spacial score (nSPS) is 16.8. The highest BCUT2D eigenvalue weighted by molar-refractivity contribution is 5.89. The number of nitrogens with zero attached hydrogens (tertiary/aromatic N) is 5. The Labute approximate surface area is 171 Å². The van der Waals surface area contributed by atoms with Crippen molar-refractivity contribution in [3.05, 3.63) is 36.7 Å². The van der Waals surface area contributed by atoms with Crippen LogP contribution in [0.4, 0.5) is 22.1 Å². The fourth-order valence-corrected chi connectivity index (χ4v) is 3.77. The fraction of sp³-hybridized carbons (Fsp3) is 0.476. The van der Waals surface area contributed by atoms with E-state index >= 15 is 0 Å². The standard InChI is InChI=1S/C21H28N6O2/c1-2-29-18-7-5-17(6-8-18)24-21(28)27-13-11-26(12-14-27)20-15-19(22-16-23-20)25-9-3-4-10-25/h5-8,15-16H,2-4,9-14H2,1H3,(H,24,28). The lowest BCUT2D eigenvalue weighted by atomic mass is 10.3. The van der Waals surface area contributed by atoms with E-state index < -0.39 is 0 Å². The van der Waals surface area contributed by atoms with Gasteiger partial charge < -0.3 is 24.8 Å². The third-order valence-electron chi connectivity index (χ3n) is 5.38. The van der Waals surface area contributed by atoms with Gasteiger partial charge in [-0.3, -0.25) is 0 Å².